The fraction of sp³-hybridized carbons (Fsp3) is 0.818. The number of hydrogen-bond donors (Lipinski definition) is 2. The summed E-state index contributed by atoms with van der Waals surface area (Å²) < 4.78 is 4.97. The molecule has 1 aliphatic heterocycles. The van der Waals surface area contributed by atoms with Crippen molar-refractivity contribution in [3.63, 3.8) is 0 Å². The number of aliphatic carboxylic acids is 1. The minimum absolute atomic E-state index is 0.133. The van der Waals surface area contributed by atoms with Crippen LogP contribution in [0.1, 0.15) is 26.2 Å². The molecule has 2 N–H and O–H groups in total. The molecule has 16 heavy (non-hydrogen) atoms. The van der Waals surface area contributed by atoms with Gasteiger partial charge in [0.15, 0.2) is 5.92 Å². The van der Waals surface area contributed by atoms with Gasteiger partial charge in [-0.2, -0.15) is 0 Å². The second-order valence-electron chi connectivity index (χ2n) is 4.09. The van der Waals surface area contributed by atoms with Gasteiger partial charge in [-0.05, 0) is 31.8 Å². The van der Waals surface area contributed by atoms with Gasteiger partial charge in [-0.3, -0.25) is 9.59 Å². The summed E-state index contributed by atoms with van der Waals surface area (Å²) >= 11 is 0. The summed E-state index contributed by atoms with van der Waals surface area (Å²) in [6.07, 6.45) is 2.43. The van der Waals surface area contributed by atoms with E-state index in [1.54, 1.807) is 0 Å². The average Bonchev–Trinajstić information content (AvgIpc) is 2.71. The second-order valence-corrected chi connectivity index (χ2v) is 4.09. The first-order chi connectivity index (χ1) is 7.66. The topological polar surface area (TPSA) is 75.6 Å². The molecule has 0 bridgehead atoms. The number of hydrogen-bond acceptors (Lipinski definition) is 4. The highest BCUT2D eigenvalue weighted by atomic mass is 16.5. The van der Waals surface area contributed by atoms with Gasteiger partial charge >= 0.3 is 11.9 Å². The van der Waals surface area contributed by atoms with Gasteiger partial charge in [-0.15, -0.1) is 0 Å². The minimum Gasteiger partial charge on any atom is -0.481 e. The number of ether oxygens (including phenoxy) is 1. The molecule has 0 spiro atoms. The molecule has 0 aliphatic carbocycles. The zero-order valence-corrected chi connectivity index (χ0v) is 9.57. The molecule has 1 fully saturated rings. The van der Waals surface area contributed by atoms with Gasteiger partial charge in [-0.25, -0.2) is 0 Å². The summed E-state index contributed by atoms with van der Waals surface area (Å²) in [6, 6.07) is 0. The number of carboxylic acids is 1. The van der Waals surface area contributed by atoms with Crippen molar-refractivity contribution in [1.82, 2.24) is 5.32 Å². The van der Waals surface area contributed by atoms with Crippen LogP contribution in [-0.2, 0) is 14.3 Å². The molecule has 92 valence electrons. The predicted octanol–water partition coefficient (Wildman–Crippen LogP) is 0.640. The van der Waals surface area contributed by atoms with Crippen molar-refractivity contribution in [2.75, 3.05) is 19.7 Å². The Morgan fingerprint density at radius 3 is 2.81 bits per heavy atom. The molecule has 2 atom stereocenters. The lowest BCUT2D eigenvalue weighted by Crippen LogP contribution is -2.34. The Labute approximate surface area is 95.2 Å². The first-order valence-electron chi connectivity index (χ1n) is 5.77. The van der Waals surface area contributed by atoms with Gasteiger partial charge in [0.25, 0.3) is 0 Å². The van der Waals surface area contributed by atoms with Crippen LogP contribution >= 0.6 is 0 Å². The maximum atomic E-state index is 11.6. The number of carbonyl (C=O) groups excluding carboxylic acids is 1. The molecule has 0 aromatic carbocycles. The van der Waals surface area contributed by atoms with Crippen molar-refractivity contribution < 1.29 is 19.4 Å². The summed E-state index contributed by atoms with van der Waals surface area (Å²) in [5, 5.41) is 12.1. The minimum atomic E-state index is -1.07. The van der Waals surface area contributed by atoms with Crippen molar-refractivity contribution in [3.05, 3.63) is 0 Å². The van der Waals surface area contributed by atoms with E-state index >= 15 is 0 Å². The third-order valence-electron chi connectivity index (χ3n) is 2.83. The van der Waals surface area contributed by atoms with E-state index in [-0.39, 0.29) is 5.92 Å². The number of rotatable bonds is 6. The highest BCUT2D eigenvalue weighted by molar-refractivity contribution is 5.94. The number of carboxylic acid groups (broad SMARTS) is 1. The van der Waals surface area contributed by atoms with Gasteiger partial charge in [0.1, 0.15) is 0 Å². The fourth-order valence-electron chi connectivity index (χ4n) is 1.86. The summed E-state index contributed by atoms with van der Waals surface area (Å²) in [7, 11) is 0. The molecule has 1 saturated heterocycles. The van der Waals surface area contributed by atoms with E-state index in [1.807, 2.05) is 6.92 Å². The lowest BCUT2D eigenvalue weighted by atomic mass is 9.92. The first kappa shape index (κ1) is 13.0. The zero-order valence-electron chi connectivity index (χ0n) is 9.57. The summed E-state index contributed by atoms with van der Waals surface area (Å²) in [5.74, 6) is -2.80. The molecule has 0 aromatic heterocycles. The third kappa shape index (κ3) is 3.48. The smallest absolute Gasteiger partial charge is 0.320 e. The molecule has 5 nitrogen and oxygen atoms in total. The van der Waals surface area contributed by atoms with Crippen LogP contribution in [0.2, 0.25) is 0 Å². The van der Waals surface area contributed by atoms with Crippen LogP contribution in [-0.4, -0.2) is 36.7 Å². The maximum Gasteiger partial charge on any atom is 0.320 e. The van der Waals surface area contributed by atoms with Crippen LogP contribution in [0.4, 0.5) is 0 Å². The Balaban J connectivity index is 2.48. The van der Waals surface area contributed by atoms with E-state index in [1.165, 1.54) is 0 Å². The van der Waals surface area contributed by atoms with Gasteiger partial charge in [0.2, 0.25) is 0 Å². The van der Waals surface area contributed by atoms with Gasteiger partial charge in [0, 0.05) is 0 Å². The monoisotopic (exact) mass is 229 g/mol. The van der Waals surface area contributed by atoms with E-state index in [2.05, 4.69) is 5.32 Å². The van der Waals surface area contributed by atoms with Crippen LogP contribution in [0, 0.1) is 11.8 Å². The van der Waals surface area contributed by atoms with Crippen molar-refractivity contribution in [3.8, 4) is 0 Å². The molecule has 1 rings (SSSR count). The standard InChI is InChI=1S/C11H19NO4/c1-2-3-6-16-11(15)9(10(13)14)8-4-5-12-7-8/h8-9,12H,2-7H2,1H3,(H,13,14). The van der Waals surface area contributed by atoms with E-state index in [9.17, 15) is 9.59 Å². The molecule has 0 saturated carbocycles. The van der Waals surface area contributed by atoms with Crippen molar-refractivity contribution in [1.29, 1.82) is 0 Å². The molecule has 1 aliphatic rings. The van der Waals surface area contributed by atoms with Crippen LogP contribution in [0.25, 0.3) is 0 Å². The van der Waals surface area contributed by atoms with Crippen molar-refractivity contribution in [2.45, 2.75) is 26.2 Å². The SMILES string of the molecule is CCCCOC(=O)C(C(=O)O)C1CCNC1. The Morgan fingerprint density at radius 2 is 2.31 bits per heavy atom. The molecular formula is C11H19NO4. The highest BCUT2D eigenvalue weighted by Crippen LogP contribution is 2.21. The Hall–Kier alpha value is -1.10. The van der Waals surface area contributed by atoms with Crippen LogP contribution in [0.5, 0.6) is 0 Å². The van der Waals surface area contributed by atoms with E-state index in [4.69, 9.17) is 9.84 Å². The summed E-state index contributed by atoms with van der Waals surface area (Å²) in [5.41, 5.74) is 0. The van der Waals surface area contributed by atoms with E-state index in [0.29, 0.717) is 13.2 Å². The molecular weight excluding hydrogens is 210 g/mol. The highest BCUT2D eigenvalue weighted by Gasteiger charge is 2.37. The third-order valence-corrected chi connectivity index (χ3v) is 2.83. The van der Waals surface area contributed by atoms with Crippen molar-refractivity contribution in [2.24, 2.45) is 11.8 Å². The normalized spacial score (nSPS) is 21.7. The summed E-state index contributed by atoms with van der Waals surface area (Å²) in [4.78, 5) is 22.6. The number of nitrogens with one attached hydrogen (secondary N) is 1. The number of esters is 1. The van der Waals surface area contributed by atoms with E-state index < -0.39 is 17.9 Å². The van der Waals surface area contributed by atoms with E-state index in [0.717, 1.165) is 25.8 Å². The van der Waals surface area contributed by atoms with Crippen LogP contribution < -0.4 is 5.32 Å². The largest absolute Gasteiger partial charge is 0.481 e. The average molecular weight is 229 g/mol. The molecule has 0 radical (unpaired) electrons. The molecule has 0 aromatic rings. The second kappa shape index (κ2) is 6.48. The van der Waals surface area contributed by atoms with Gasteiger partial charge in [0.05, 0.1) is 6.61 Å². The summed E-state index contributed by atoms with van der Waals surface area (Å²) in [6.45, 7) is 3.67. The van der Waals surface area contributed by atoms with Crippen LogP contribution in [0.15, 0.2) is 0 Å². The molecule has 5 heteroatoms. The maximum absolute atomic E-state index is 11.6. The lowest BCUT2D eigenvalue weighted by Gasteiger charge is -2.17. The molecule has 1 heterocycles. The number of unbranched alkanes of at least 4 members (excludes halogenated alkanes) is 1. The van der Waals surface area contributed by atoms with Gasteiger partial charge < -0.3 is 15.2 Å². The predicted molar refractivity (Wildman–Crippen MR) is 58.0 cm³/mol. The van der Waals surface area contributed by atoms with Gasteiger partial charge in [-0.1, -0.05) is 13.3 Å². The quantitative estimate of drug-likeness (QED) is 0.397. The molecule has 2 unspecified atom stereocenters. The Morgan fingerprint density at radius 1 is 1.56 bits per heavy atom. The lowest BCUT2D eigenvalue weighted by molar-refractivity contribution is -0.161. The Bertz CT molecular complexity index is 248. The zero-order chi connectivity index (χ0) is 12.0. The molecule has 0 amide bonds. The first-order valence-corrected chi connectivity index (χ1v) is 5.77. The fourth-order valence-corrected chi connectivity index (χ4v) is 1.86. The number of carbonyl (C=O) groups is 2. The van der Waals surface area contributed by atoms with Crippen LogP contribution in [0.3, 0.4) is 0 Å². The Kier molecular flexibility index (Phi) is 5.25. The van der Waals surface area contributed by atoms with Crippen molar-refractivity contribution >= 4 is 11.9 Å².